The Morgan fingerprint density at radius 2 is 1.57 bits per heavy atom. The molecule has 1 unspecified atom stereocenters. The van der Waals surface area contributed by atoms with Gasteiger partial charge in [0.15, 0.2) is 0 Å². The lowest BCUT2D eigenvalue weighted by Gasteiger charge is -2.39. The van der Waals surface area contributed by atoms with Gasteiger partial charge in [0.1, 0.15) is 0 Å². The van der Waals surface area contributed by atoms with E-state index in [0.717, 1.165) is 38.7 Å². The summed E-state index contributed by atoms with van der Waals surface area (Å²) >= 11 is 0. The Hall–Kier alpha value is -3.47. The Morgan fingerprint density at radius 1 is 1.05 bits per heavy atom. The zero-order valence-corrected chi connectivity index (χ0v) is 21.7. The van der Waals surface area contributed by atoms with E-state index in [2.05, 4.69) is 31.1 Å². The molecule has 2 aliphatic rings. The van der Waals surface area contributed by atoms with Crippen LogP contribution in [0.15, 0.2) is 30.9 Å². The lowest BCUT2D eigenvalue weighted by atomic mass is 9.76. The number of anilines is 1. The summed E-state index contributed by atoms with van der Waals surface area (Å²) in [7, 11) is 3.76. The highest BCUT2D eigenvalue weighted by atomic mass is 19.4. The number of nitrogens with zero attached hydrogens (tertiary/aromatic N) is 6. The van der Waals surface area contributed by atoms with Crippen LogP contribution in [0.25, 0.3) is 0 Å². The molecule has 2 aromatic rings. The largest absolute Gasteiger partial charge is 0.490 e. The summed E-state index contributed by atoms with van der Waals surface area (Å²) in [6, 6.07) is 2.24. The second kappa shape index (κ2) is 13.7. The lowest BCUT2D eigenvalue weighted by molar-refractivity contribution is -0.193. The van der Waals surface area contributed by atoms with Gasteiger partial charge < -0.3 is 19.8 Å². The zero-order chi connectivity index (χ0) is 30.1. The molecule has 2 aliphatic heterocycles. The van der Waals surface area contributed by atoms with Gasteiger partial charge in [0.25, 0.3) is 0 Å². The molecule has 1 atom stereocenters. The summed E-state index contributed by atoms with van der Waals surface area (Å²) in [5, 5.41) is 18.5. The van der Waals surface area contributed by atoms with Crippen molar-refractivity contribution in [1.29, 1.82) is 0 Å². The van der Waals surface area contributed by atoms with Crippen molar-refractivity contribution in [3.63, 3.8) is 0 Å². The van der Waals surface area contributed by atoms with E-state index < -0.39 is 24.3 Å². The van der Waals surface area contributed by atoms with Gasteiger partial charge in [-0.1, -0.05) is 0 Å². The molecule has 0 aromatic carbocycles. The molecule has 2 saturated heterocycles. The van der Waals surface area contributed by atoms with Crippen LogP contribution in [-0.4, -0.2) is 98.5 Å². The van der Waals surface area contributed by atoms with Crippen LogP contribution < -0.4 is 4.90 Å². The summed E-state index contributed by atoms with van der Waals surface area (Å²) in [5.74, 6) is -4.68. The van der Waals surface area contributed by atoms with Crippen LogP contribution in [0.5, 0.6) is 0 Å². The van der Waals surface area contributed by atoms with E-state index in [1.807, 2.05) is 36.4 Å². The van der Waals surface area contributed by atoms with Gasteiger partial charge in [-0.25, -0.2) is 19.6 Å². The maximum atomic E-state index is 10.6. The maximum Gasteiger partial charge on any atom is 0.490 e. The second-order valence-corrected chi connectivity index (χ2v) is 9.39. The molecule has 1 spiro atoms. The monoisotopic (exact) mass is 584 g/mol. The van der Waals surface area contributed by atoms with Gasteiger partial charge in [-0.15, -0.1) is 0 Å². The highest BCUT2D eigenvalue weighted by molar-refractivity contribution is 5.73. The molecule has 0 saturated carbocycles. The molecule has 40 heavy (non-hydrogen) atoms. The molecular formula is C23H30F6N6O5. The van der Waals surface area contributed by atoms with Gasteiger partial charge in [0.05, 0.1) is 18.8 Å². The number of hydrogen-bond acceptors (Lipinski definition) is 8. The number of aryl methyl sites for hydroxylation is 1. The number of aromatic nitrogens is 4. The number of aliphatic carboxylic acids is 2. The Bertz CT molecular complexity index is 1070. The first-order chi connectivity index (χ1) is 18.6. The molecule has 2 fully saturated rings. The van der Waals surface area contributed by atoms with Crippen molar-refractivity contribution in [3.8, 4) is 0 Å². The van der Waals surface area contributed by atoms with Crippen LogP contribution in [0.1, 0.15) is 24.8 Å². The van der Waals surface area contributed by atoms with Gasteiger partial charge >= 0.3 is 24.3 Å². The molecule has 0 radical (unpaired) electrons. The average Bonchev–Trinajstić information content (AvgIpc) is 3.44. The van der Waals surface area contributed by atoms with E-state index in [4.69, 9.17) is 24.5 Å². The third-order valence-electron chi connectivity index (χ3n) is 6.35. The third kappa shape index (κ3) is 9.93. The fourth-order valence-electron chi connectivity index (χ4n) is 4.54. The molecular weight excluding hydrogens is 554 g/mol. The van der Waals surface area contributed by atoms with E-state index in [1.165, 1.54) is 24.8 Å². The standard InChI is InChI=1S/C19H28N6O.2C2HF3O2/c1-23-12-16(11-22-23)13-24-8-4-19(5-9-24)10-17(14-26-2)25(15-19)18-20-6-3-7-21-18;2*3-2(4,5)1(6)7/h3,6-7,11-12,17H,4-5,8-10,13-15H2,1-2H3;2*(H,6,7). The molecule has 4 heterocycles. The minimum Gasteiger partial charge on any atom is -0.475 e. The number of ether oxygens (including phenoxy) is 1. The highest BCUT2D eigenvalue weighted by Crippen LogP contribution is 2.44. The normalized spacial score (nSPS) is 18.9. The number of halogens is 6. The number of methoxy groups -OCH3 is 1. The van der Waals surface area contributed by atoms with Crippen molar-refractivity contribution in [2.24, 2.45) is 12.5 Å². The fraction of sp³-hybridized carbons (Fsp3) is 0.609. The predicted molar refractivity (Wildman–Crippen MR) is 127 cm³/mol. The molecule has 11 nitrogen and oxygen atoms in total. The minimum absolute atomic E-state index is 0.355. The number of hydrogen-bond donors (Lipinski definition) is 2. The molecule has 0 bridgehead atoms. The first-order valence-electron chi connectivity index (χ1n) is 11.9. The Kier molecular flexibility index (Phi) is 11.2. The van der Waals surface area contributed by atoms with Crippen LogP contribution in [0, 0.1) is 5.41 Å². The minimum atomic E-state index is -5.08. The van der Waals surface area contributed by atoms with E-state index >= 15 is 0 Å². The SMILES string of the molecule is COCC1CC2(CCN(Cc3cnn(C)c3)CC2)CN1c1ncccn1.O=C(O)C(F)(F)F.O=C(O)C(F)(F)F. The summed E-state index contributed by atoms with van der Waals surface area (Å²) < 4.78 is 70.8. The van der Waals surface area contributed by atoms with Crippen LogP contribution in [0.3, 0.4) is 0 Å². The van der Waals surface area contributed by atoms with Crippen molar-refractivity contribution in [2.45, 2.75) is 44.2 Å². The quantitative estimate of drug-likeness (QED) is 0.506. The van der Waals surface area contributed by atoms with Gasteiger partial charge in [-0.2, -0.15) is 31.4 Å². The number of likely N-dealkylation sites (tertiary alicyclic amines) is 1. The summed E-state index contributed by atoms with van der Waals surface area (Å²) in [6.07, 6.45) is 1.18. The van der Waals surface area contributed by atoms with E-state index in [0.29, 0.717) is 11.5 Å². The summed E-state index contributed by atoms with van der Waals surface area (Å²) in [6.45, 7) is 5.04. The number of rotatable bonds is 5. The second-order valence-electron chi connectivity index (χ2n) is 9.39. The van der Waals surface area contributed by atoms with Crippen LogP contribution >= 0.6 is 0 Å². The van der Waals surface area contributed by atoms with Crippen molar-refractivity contribution in [3.05, 3.63) is 36.4 Å². The first-order valence-corrected chi connectivity index (χ1v) is 11.9. The van der Waals surface area contributed by atoms with Crippen LogP contribution in [-0.2, 0) is 27.9 Å². The molecule has 2 aromatic heterocycles. The van der Waals surface area contributed by atoms with Crippen LogP contribution in [0.4, 0.5) is 32.3 Å². The maximum absolute atomic E-state index is 10.6. The third-order valence-corrected chi connectivity index (χ3v) is 6.35. The van der Waals surface area contributed by atoms with E-state index in [9.17, 15) is 26.3 Å². The number of carbonyl (C=O) groups is 2. The number of carboxylic acids is 2. The molecule has 17 heteroatoms. The van der Waals surface area contributed by atoms with E-state index in [1.54, 1.807) is 7.11 Å². The Labute approximate surface area is 225 Å². The molecule has 2 N–H and O–H groups in total. The van der Waals surface area contributed by atoms with Gasteiger partial charge in [-0.05, 0) is 43.8 Å². The number of carboxylic acid groups (broad SMARTS) is 2. The number of alkyl halides is 6. The topological polar surface area (TPSA) is 134 Å². The van der Waals surface area contributed by atoms with Crippen molar-refractivity contribution >= 4 is 17.9 Å². The fourth-order valence-corrected chi connectivity index (χ4v) is 4.54. The van der Waals surface area contributed by atoms with Crippen molar-refractivity contribution < 1.29 is 50.9 Å². The van der Waals surface area contributed by atoms with Crippen molar-refractivity contribution in [2.75, 3.05) is 38.3 Å². The average molecular weight is 585 g/mol. The summed E-state index contributed by atoms with van der Waals surface area (Å²) in [4.78, 5) is 31.7. The van der Waals surface area contributed by atoms with Crippen molar-refractivity contribution in [1.82, 2.24) is 24.6 Å². The Morgan fingerprint density at radius 3 is 2.00 bits per heavy atom. The molecule has 224 valence electrons. The summed E-state index contributed by atoms with van der Waals surface area (Å²) in [5.41, 5.74) is 1.65. The number of piperidine rings is 1. The van der Waals surface area contributed by atoms with Crippen LogP contribution in [0.2, 0.25) is 0 Å². The molecule has 0 aliphatic carbocycles. The molecule has 0 amide bonds. The van der Waals surface area contributed by atoms with Gasteiger partial charge in [-0.3, -0.25) is 9.58 Å². The highest BCUT2D eigenvalue weighted by Gasteiger charge is 2.46. The van der Waals surface area contributed by atoms with Gasteiger partial charge in [0, 0.05) is 51.4 Å². The zero-order valence-electron chi connectivity index (χ0n) is 21.7. The van der Waals surface area contributed by atoms with Gasteiger partial charge in [0.2, 0.25) is 5.95 Å². The molecule has 4 rings (SSSR count). The predicted octanol–water partition coefficient (Wildman–Crippen LogP) is 2.98. The first kappa shape index (κ1) is 32.7. The van der Waals surface area contributed by atoms with E-state index in [-0.39, 0.29) is 0 Å². The smallest absolute Gasteiger partial charge is 0.475 e. The Balaban J connectivity index is 0.000000333. The lowest BCUT2D eigenvalue weighted by Crippen LogP contribution is -2.41.